The normalized spacial score (nSPS) is 15.5. The van der Waals surface area contributed by atoms with Gasteiger partial charge in [-0.1, -0.05) is 41.1 Å². The molecular weight excluding hydrogens is 551 g/mol. The van der Waals surface area contributed by atoms with Gasteiger partial charge in [0.2, 0.25) is 0 Å². The van der Waals surface area contributed by atoms with Crippen LogP contribution in [0.15, 0.2) is 48.7 Å². The highest BCUT2D eigenvalue weighted by atomic mass is 35.5. The van der Waals surface area contributed by atoms with E-state index >= 15 is 4.39 Å². The molecule has 0 spiro atoms. The van der Waals surface area contributed by atoms with Gasteiger partial charge < -0.3 is 20.7 Å². The summed E-state index contributed by atoms with van der Waals surface area (Å²) in [6.07, 6.45) is 1.61. The number of nitrogens with zero attached hydrogens (tertiary/aromatic N) is 5. The second-order valence-electron chi connectivity index (χ2n) is 9.04. The van der Waals surface area contributed by atoms with Crippen molar-refractivity contribution in [1.82, 2.24) is 25.3 Å². The zero-order valence-corrected chi connectivity index (χ0v) is 21.9. The number of nitrogen functional groups attached to an aromatic ring is 1. The number of thiazole rings is 1. The fraction of sp³-hybridized carbons (Fsp3) is 0.231. The molecule has 5 aromatic rings. The van der Waals surface area contributed by atoms with Crippen molar-refractivity contribution in [3.05, 3.63) is 65.2 Å². The smallest absolute Gasteiger partial charge is 0.319 e. The molecular formula is C26H21ClF3N7OS. The number of anilines is 2. The number of alkyl halides is 2. The summed E-state index contributed by atoms with van der Waals surface area (Å²) in [7, 11) is 0. The summed E-state index contributed by atoms with van der Waals surface area (Å²) in [5.41, 5.74) is 7.40. The first kappa shape index (κ1) is 25.5. The number of ether oxygens (including phenoxy) is 1. The van der Waals surface area contributed by atoms with Crippen LogP contribution in [0.5, 0.6) is 6.01 Å². The highest BCUT2D eigenvalue weighted by Gasteiger charge is 2.35. The number of pyridine rings is 1. The van der Waals surface area contributed by atoms with Gasteiger partial charge >= 0.3 is 6.01 Å². The largest absolute Gasteiger partial charge is 0.457 e. The minimum atomic E-state index is -3.04. The molecule has 6 rings (SSSR count). The predicted molar refractivity (Wildman–Crippen MR) is 146 cm³/mol. The van der Waals surface area contributed by atoms with Crippen molar-refractivity contribution in [3.63, 3.8) is 0 Å². The highest BCUT2D eigenvalue weighted by molar-refractivity contribution is 7.22. The van der Waals surface area contributed by atoms with E-state index in [0.29, 0.717) is 21.9 Å². The van der Waals surface area contributed by atoms with E-state index in [2.05, 4.69) is 25.3 Å². The maximum Gasteiger partial charge on any atom is 0.319 e. The van der Waals surface area contributed by atoms with E-state index in [0.717, 1.165) is 4.70 Å². The van der Waals surface area contributed by atoms with Gasteiger partial charge in [0.05, 0.1) is 34.0 Å². The molecule has 3 aromatic heterocycles. The Morgan fingerprint density at radius 2 is 2.00 bits per heavy atom. The van der Waals surface area contributed by atoms with E-state index in [1.807, 2.05) is 6.07 Å². The molecule has 0 amide bonds. The van der Waals surface area contributed by atoms with Gasteiger partial charge in [-0.2, -0.15) is 9.97 Å². The first-order valence-corrected chi connectivity index (χ1v) is 13.2. The number of nitrogens with two attached hydrogens (primary N) is 1. The monoisotopic (exact) mass is 571 g/mol. The number of nitrogens with one attached hydrogen (secondary N) is 1. The highest BCUT2D eigenvalue weighted by Crippen LogP contribution is 2.42. The van der Waals surface area contributed by atoms with Crippen molar-refractivity contribution in [2.45, 2.75) is 12.5 Å². The molecule has 3 N–H and O–H groups in total. The lowest BCUT2D eigenvalue weighted by molar-refractivity contribution is 0.0156. The second-order valence-corrected chi connectivity index (χ2v) is 10.5. The van der Waals surface area contributed by atoms with E-state index in [9.17, 15) is 8.78 Å². The van der Waals surface area contributed by atoms with Crippen LogP contribution in [0.25, 0.3) is 32.2 Å². The minimum absolute atomic E-state index is 0.00295. The standard InChI is InChI=1S/C26H21ClF3N7OS/c27-17-10-16-22(20(28)19(17)15-5-3-6-18-21(15)34-24(31)39-18)35-25(38-11-14-4-1-2-7-33-14)36-23(16)37-9-8-32-12-26(29,30)13-37/h1-7,10,32H,8-9,11-13H2,(H2,31,34). The third-order valence-electron chi connectivity index (χ3n) is 6.29. The molecule has 0 aliphatic carbocycles. The first-order chi connectivity index (χ1) is 18.8. The Hall–Kier alpha value is -3.74. The lowest BCUT2D eigenvalue weighted by Gasteiger charge is -2.26. The Kier molecular flexibility index (Phi) is 6.61. The molecule has 4 heterocycles. The van der Waals surface area contributed by atoms with Gasteiger partial charge in [0.1, 0.15) is 17.9 Å². The van der Waals surface area contributed by atoms with Gasteiger partial charge in [-0.25, -0.2) is 18.2 Å². The summed E-state index contributed by atoms with van der Waals surface area (Å²) in [4.78, 5) is 18.7. The van der Waals surface area contributed by atoms with Gasteiger partial charge in [-0.15, -0.1) is 0 Å². The SMILES string of the molecule is Nc1nc2c(-c3c(Cl)cc4c(N5CCNCC(F)(F)C5)nc(OCc5ccccn5)nc4c3F)cccc2s1. The topological polar surface area (TPSA) is 102 Å². The molecule has 0 radical (unpaired) electrons. The minimum Gasteiger partial charge on any atom is -0.457 e. The fourth-order valence-electron chi connectivity index (χ4n) is 4.58. The Labute approximate surface area is 229 Å². The Morgan fingerprint density at radius 1 is 1.13 bits per heavy atom. The molecule has 1 aliphatic heterocycles. The number of fused-ring (bicyclic) bond motifs is 2. The molecule has 1 aliphatic rings. The number of aromatic nitrogens is 4. The Balaban J connectivity index is 1.54. The predicted octanol–water partition coefficient (Wildman–Crippen LogP) is 5.30. The summed E-state index contributed by atoms with van der Waals surface area (Å²) in [6.45, 7) is -0.602. The molecule has 2 aromatic carbocycles. The van der Waals surface area contributed by atoms with Crippen LogP contribution < -0.4 is 20.7 Å². The number of para-hydroxylation sites is 1. The van der Waals surface area contributed by atoms with Crippen molar-refractivity contribution in [1.29, 1.82) is 0 Å². The Morgan fingerprint density at radius 3 is 2.82 bits per heavy atom. The average molecular weight is 572 g/mol. The van der Waals surface area contributed by atoms with E-state index in [4.69, 9.17) is 22.1 Å². The number of rotatable bonds is 5. The van der Waals surface area contributed by atoms with Crippen LogP contribution in [0.1, 0.15) is 5.69 Å². The van der Waals surface area contributed by atoms with Gasteiger partial charge in [0.25, 0.3) is 5.92 Å². The van der Waals surface area contributed by atoms with Crippen LogP contribution in [0.2, 0.25) is 5.02 Å². The maximum absolute atomic E-state index is 16.4. The molecule has 0 atom stereocenters. The average Bonchev–Trinajstić information content (AvgIpc) is 3.20. The maximum atomic E-state index is 16.4. The van der Waals surface area contributed by atoms with Crippen LogP contribution in [-0.4, -0.2) is 52.0 Å². The number of benzene rings is 2. The van der Waals surface area contributed by atoms with E-state index in [1.54, 1.807) is 36.5 Å². The van der Waals surface area contributed by atoms with Crippen molar-refractivity contribution in [3.8, 4) is 17.1 Å². The number of hydrogen-bond acceptors (Lipinski definition) is 9. The van der Waals surface area contributed by atoms with Crippen LogP contribution in [-0.2, 0) is 6.61 Å². The van der Waals surface area contributed by atoms with Crippen LogP contribution in [0, 0.1) is 5.82 Å². The molecule has 1 fully saturated rings. The first-order valence-electron chi connectivity index (χ1n) is 12.0. The molecule has 8 nitrogen and oxygen atoms in total. The van der Waals surface area contributed by atoms with Crippen LogP contribution >= 0.6 is 22.9 Å². The summed E-state index contributed by atoms with van der Waals surface area (Å²) in [6, 6.07) is 11.9. The molecule has 0 bridgehead atoms. The third kappa shape index (κ3) is 5.02. The van der Waals surface area contributed by atoms with Gasteiger partial charge in [0.15, 0.2) is 10.9 Å². The summed E-state index contributed by atoms with van der Waals surface area (Å²) in [5, 5.41) is 3.31. The molecule has 1 saturated heterocycles. The molecule has 13 heteroatoms. The van der Waals surface area contributed by atoms with Crippen molar-refractivity contribution in [2.75, 3.05) is 36.8 Å². The van der Waals surface area contributed by atoms with Gasteiger partial charge in [-0.05, 0) is 24.3 Å². The lowest BCUT2D eigenvalue weighted by Crippen LogP contribution is -2.39. The molecule has 0 unspecified atom stereocenters. The molecule has 200 valence electrons. The lowest BCUT2D eigenvalue weighted by atomic mass is 10.0. The van der Waals surface area contributed by atoms with E-state index < -0.39 is 24.8 Å². The Bertz CT molecular complexity index is 1690. The van der Waals surface area contributed by atoms with Crippen molar-refractivity contribution >= 4 is 55.0 Å². The molecule has 0 saturated carbocycles. The van der Waals surface area contributed by atoms with E-state index in [-0.39, 0.29) is 53.0 Å². The van der Waals surface area contributed by atoms with Gasteiger partial charge in [0, 0.05) is 35.8 Å². The van der Waals surface area contributed by atoms with E-state index in [1.165, 1.54) is 22.3 Å². The number of hydrogen-bond donors (Lipinski definition) is 2. The fourth-order valence-corrected chi connectivity index (χ4v) is 5.64. The number of halogens is 4. The van der Waals surface area contributed by atoms with Crippen molar-refractivity contribution in [2.24, 2.45) is 0 Å². The third-order valence-corrected chi connectivity index (χ3v) is 7.43. The summed E-state index contributed by atoms with van der Waals surface area (Å²) >= 11 is 7.93. The quantitative estimate of drug-likeness (QED) is 0.293. The van der Waals surface area contributed by atoms with Crippen LogP contribution in [0.3, 0.4) is 0 Å². The molecule has 39 heavy (non-hydrogen) atoms. The zero-order valence-electron chi connectivity index (χ0n) is 20.3. The summed E-state index contributed by atoms with van der Waals surface area (Å²) in [5.74, 6) is -3.68. The summed E-state index contributed by atoms with van der Waals surface area (Å²) < 4.78 is 52.1. The van der Waals surface area contributed by atoms with Gasteiger partial charge in [-0.3, -0.25) is 4.98 Å². The zero-order chi connectivity index (χ0) is 27.1. The van der Waals surface area contributed by atoms with Crippen LogP contribution in [0.4, 0.5) is 24.1 Å². The van der Waals surface area contributed by atoms with Crippen molar-refractivity contribution < 1.29 is 17.9 Å². The second kappa shape index (κ2) is 10.1.